The highest BCUT2D eigenvalue weighted by atomic mass is 32.2. The van der Waals surface area contributed by atoms with E-state index in [4.69, 9.17) is 10.2 Å². The van der Waals surface area contributed by atoms with Gasteiger partial charge in [-0.1, -0.05) is 32.9 Å². The molecule has 0 radical (unpaired) electrons. The van der Waals surface area contributed by atoms with Gasteiger partial charge < -0.3 is 10.2 Å². The van der Waals surface area contributed by atoms with Crippen molar-refractivity contribution in [3.63, 3.8) is 0 Å². The zero-order valence-electron chi connectivity index (χ0n) is 13.8. The molecule has 1 rings (SSSR count). The first kappa shape index (κ1) is 18.7. The van der Waals surface area contributed by atoms with E-state index >= 15 is 0 Å². The number of nitrogens with two attached hydrogens (primary N) is 1. The average Bonchev–Trinajstić information content (AvgIpc) is 2.37. The van der Waals surface area contributed by atoms with E-state index in [9.17, 15) is 4.39 Å². The van der Waals surface area contributed by atoms with Crippen molar-refractivity contribution in [2.24, 2.45) is 5.73 Å². The van der Waals surface area contributed by atoms with Gasteiger partial charge in [-0.15, -0.1) is 0 Å². The Balaban J connectivity index is 2.28. The number of hydrogen-bond acceptors (Lipinski definition) is 3. The Kier molecular flexibility index (Phi) is 6.91. The van der Waals surface area contributed by atoms with Gasteiger partial charge in [0.25, 0.3) is 0 Å². The van der Waals surface area contributed by atoms with Gasteiger partial charge in [0.1, 0.15) is 5.82 Å². The smallest absolute Gasteiger partial charge is 0.192 e. The van der Waals surface area contributed by atoms with Gasteiger partial charge in [-0.3, -0.25) is 0 Å². The van der Waals surface area contributed by atoms with Crippen molar-refractivity contribution in [3.8, 4) is 0 Å². The van der Waals surface area contributed by atoms with Gasteiger partial charge in [0.05, 0.1) is 0 Å². The first-order chi connectivity index (χ1) is 9.62. The minimum atomic E-state index is -1.71. The third kappa shape index (κ3) is 6.51. The summed E-state index contributed by atoms with van der Waals surface area (Å²) in [5, 5.41) is 0.216. The number of benzene rings is 1. The molecule has 0 aliphatic heterocycles. The Morgan fingerprint density at radius 1 is 1.24 bits per heavy atom. The third-order valence-electron chi connectivity index (χ3n) is 3.98. The van der Waals surface area contributed by atoms with Crippen LogP contribution >= 0.6 is 11.8 Å². The molecule has 0 aliphatic carbocycles. The quantitative estimate of drug-likeness (QED) is 0.753. The maximum atomic E-state index is 12.8. The largest absolute Gasteiger partial charge is 0.415 e. The Hall–Kier alpha value is -0.363. The minimum absolute atomic E-state index is 0.0459. The SMILES string of the molecule is CC(C)(C)[Si](C)(C)OC[C@@H](N)CSCc1ccc(F)cc1. The maximum absolute atomic E-state index is 12.8. The zero-order chi connectivity index (χ0) is 16.1. The Morgan fingerprint density at radius 2 is 1.81 bits per heavy atom. The summed E-state index contributed by atoms with van der Waals surface area (Å²) >= 11 is 1.77. The molecule has 1 aromatic carbocycles. The van der Waals surface area contributed by atoms with Gasteiger partial charge in [0.2, 0.25) is 0 Å². The topological polar surface area (TPSA) is 35.2 Å². The van der Waals surface area contributed by atoms with Crippen molar-refractivity contribution >= 4 is 20.1 Å². The summed E-state index contributed by atoms with van der Waals surface area (Å²) in [6.45, 7) is 11.8. The molecular weight excluding hydrogens is 301 g/mol. The molecule has 1 aromatic rings. The molecule has 0 aromatic heterocycles. The summed E-state index contributed by atoms with van der Waals surface area (Å²) in [6, 6.07) is 6.68. The van der Waals surface area contributed by atoms with Crippen LogP contribution in [-0.4, -0.2) is 26.7 Å². The second kappa shape index (κ2) is 7.77. The number of halogens is 1. The summed E-state index contributed by atoms with van der Waals surface area (Å²) < 4.78 is 18.9. The van der Waals surface area contributed by atoms with Crippen LogP contribution in [0.15, 0.2) is 24.3 Å². The molecule has 0 unspecified atom stereocenters. The molecule has 0 fully saturated rings. The van der Waals surface area contributed by atoms with E-state index in [-0.39, 0.29) is 16.9 Å². The number of rotatable bonds is 7. The van der Waals surface area contributed by atoms with Crippen molar-refractivity contribution in [1.29, 1.82) is 0 Å². The van der Waals surface area contributed by atoms with Crippen LogP contribution in [0.5, 0.6) is 0 Å². The molecule has 0 bridgehead atoms. The first-order valence-corrected chi connectivity index (χ1v) is 11.4. The lowest BCUT2D eigenvalue weighted by Crippen LogP contribution is -2.44. The highest BCUT2D eigenvalue weighted by molar-refractivity contribution is 7.98. The van der Waals surface area contributed by atoms with E-state index in [0.29, 0.717) is 6.61 Å². The molecule has 0 aliphatic rings. The van der Waals surface area contributed by atoms with E-state index in [1.54, 1.807) is 11.8 Å². The molecule has 0 saturated carbocycles. The molecule has 21 heavy (non-hydrogen) atoms. The average molecular weight is 330 g/mol. The number of thioether (sulfide) groups is 1. The minimum Gasteiger partial charge on any atom is -0.415 e. The first-order valence-electron chi connectivity index (χ1n) is 7.33. The van der Waals surface area contributed by atoms with Crippen molar-refractivity contribution in [3.05, 3.63) is 35.6 Å². The van der Waals surface area contributed by atoms with E-state index in [1.165, 1.54) is 12.1 Å². The molecule has 5 heteroatoms. The van der Waals surface area contributed by atoms with Crippen LogP contribution in [0.3, 0.4) is 0 Å². The molecule has 2 N–H and O–H groups in total. The van der Waals surface area contributed by atoms with Crippen LogP contribution < -0.4 is 5.73 Å². The van der Waals surface area contributed by atoms with Crippen LogP contribution in [0.25, 0.3) is 0 Å². The lowest BCUT2D eigenvalue weighted by atomic mass is 10.2. The summed E-state index contributed by atoms with van der Waals surface area (Å²) in [7, 11) is -1.71. The molecule has 0 spiro atoms. The van der Waals surface area contributed by atoms with E-state index in [2.05, 4.69) is 33.9 Å². The fourth-order valence-corrected chi connectivity index (χ4v) is 3.50. The van der Waals surface area contributed by atoms with Gasteiger partial charge >= 0.3 is 0 Å². The second-order valence-corrected chi connectivity index (χ2v) is 12.8. The van der Waals surface area contributed by atoms with Gasteiger partial charge in [0, 0.05) is 24.2 Å². The maximum Gasteiger partial charge on any atom is 0.192 e. The fourth-order valence-electron chi connectivity index (χ4n) is 1.49. The molecule has 120 valence electrons. The predicted octanol–water partition coefficient (Wildman–Crippen LogP) is 4.41. The molecule has 2 nitrogen and oxygen atoms in total. The lowest BCUT2D eigenvalue weighted by molar-refractivity contribution is 0.271. The van der Waals surface area contributed by atoms with Crippen molar-refractivity contribution in [1.82, 2.24) is 0 Å². The van der Waals surface area contributed by atoms with Gasteiger partial charge in [-0.2, -0.15) is 11.8 Å². The molecule has 0 heterocycles. The molecule has 1 atom stereocenters. The monoisotopic (exact) mass is 329 g/mol. The standard InChI is InChI=1S/C16H28FNOSSi/c1-16(2,3)21(4,5)19-10-15(18)12-20-11-13-6-8-14(17)9-7-13/h6-9,15H,10-12,18H2,1-5H3/t15-/m1/s1. The van der Waals surface area contributed by atoms with Gasteiger partial charge in [-0.25, -0.2) is 4.39 Å². The summed E-state index contributed by atoms with van der Waals surface area (Å²) in [4.78, 5) is 0. The second-order valence-electron chi connectivity index (χ2n) is 6.97. The Labute approximate surface area is 133 Å². The van der Waals surface area contributed by atoms with Gasteiger partial charge in [-0.05, 0) is 35.8 Å². The highest BCUT2D eigenvalue weighted by Gasteiger charge is 2.37. The predicted molar refractivity (Wildman–Crippen MR) is 93.7 cm³/mol. The van der Waals surface area contributed by atoms with E-state index in [0.717, 1.165) is 17.1 Å². The molecule has 0 saturated heterocycles. The summed E-state index contributed by atoms with van der Waals surface area (Å²) in [5.41, 5.74) is 7.25. The van der Waals surface area contributed by atoms with Crippen molar-refractivity contribution in [2.75, 3.05) is 12.4 Å². The Bertz CT molecular complexity index is 431. The van der Waals surface area contributed by atoms with Crippen LogP contribution in [0, 0.1) is 5.82 Å². The summed E-state index contributed by atoms with van der Waals surface area (Å²) in [5.74, 6) is 1.52. The normalized spacial score (nSPS) is 14.2. The highest BCUT2D eigenvalue weighted by Crippen LogP contribution is 2.36. The fraction of sp³-hybridized carbons (Fsp3) is 0.625. The van der Waals surface area contributed by atoms with E-state index < -0.39 is 8.32 Å². The molecule has 0 amide bonds. The lowest BCUT2D eigenvalue weighted by Gasteiger charge is -2.36. The number of hydrogen-bond donors (Lipinski definition) is 1. The van der Waals surface area contributed by atoms with Crippen LogP contribution in [0.4, 0.5) is 4.39 Å². The van der Waals surface area contributed by atoms with Crippen LogP contribution in [-0.2, 0) is 10.2 Å². The van der Waals surface area contributed by atoms with Crippen LogP contribution in [0.1, 0.15) is 26.3 Å². The summed E-state index contributed by atoms with van der Waals surface area (Å²) in [6.07, 6.45) is 0. The third-order valence-corrected chi connectivity index (χ3v) is 9.68. The zero-order valence-corrected chi connectivity index (χ0v) is 15.6. The Morgan fingerprint density at radius 3 is 2.33 bits per heavy atom. The van der Waals surface area contributed by atoms with E-state index in [1.807, 2.05) is 12.1 Å². The van der Waals surface area contributed by atoms with Crippen LogP contribution in [0.2, 0.25) is 18.1 Å². The van der Waals surface area contributed by atoms with Crippen molar-refractivity contribution < 1.29 is 8.82 Å². The van der Waals surface area contributed by atoms with Crippen molar-refractivity contribution in [2.45, 2.75) is 50.7 Å². The van der Waals surface area contributed by atoms with Gasteiger partial charge in [0.15, 0.2) is 8.32 Å². The molecular formula is C16H28FNOSSi.